The number of carboxylic acid groups (broad SMARTS) is 1. The lowest BCUT2D eigenvalue weighted by Gasteiger charge is -2.49. The molecule has 0 aliphatic carbocycles. The van der Waals surface area contributed by atoms with Gasteiger partial charge in [-0.05, 0) is 24.6 Å². The highest BCUT2D eigenvalue weighted by molar-refractivity contribution is 8.01. The molecule has 1 fully saturated rings. The average Bonchev–Trinajstić information content (AvgIpc) is 3.23. The second-order valence-electron chi connectivity index (χ2n) is 7.17. The zero-order valence-electron chi connectivity index (χ0n) is 17.9. The van der Waals surface area contributed by atoms with Crippen LogP contribution in [0.1, 0.15) is 10.6 Å². The van der Waals surface area contributed by atoms with Crippen LogP contribution in [0.15, 0.2) is 45.0 Å². The predicted molar refractivity (Wildman–Crippen MR) is 127 cm³/mol. The molecule has 3 heterocycles. The molecule has 2 amide bonds. The molecule has 1 aromatic carbocycles. The number of hydrogen-bond donors (Lipinski definition) is 3. The first-order valence-corrected chi connectivity index (χ1v) is 12.7. The van der Waals surface area contributed by atoms with E-state index in [-0.39, 0.29) is 17.2 Å². The number of nitrogens with zero attached hydrogens (tertiary/aromatic N) is 4. The number of β-lactam (4-membered cyclic amide) rings is 1. The number of carboxylic acids is 1. The SMILES string of the molecule is CON=C(C(=O)NC1C(=O)N2C(C(=O)O)=C(CSc3nnc(C)s3)CS[C@H]12)c1cccc(O)c1. The van der Waals surface area contributed by atoms with Crippen molar-refractivity contribution in [2.45, 2.75) is 22.7 Å². The number of phenols is 1. The number of aliphatic carboxylic acids is 1. The van der Waals surface area contributed by atoms with E-state index in [0.717, 1.165) is 9.35 Å². The summed E-state index contributed by atoms with van der Waals surface area (Å²) < 4.78 is 0.721. The van der Waals surface area contributed by atoms with Gasteiger partial charge in [-0.15, -0.1) is 22.0 Å². The van der Waals surface area contributed by atoms with Gasteiger partial charge in [0.15, 0.2) is 10.1 Å². The number of aromatic nitrogens is 2. The van der Waals surface area contributed by atoms with Crippen molar-refractivity contribution in [3.8, 4) is 5.75 Å². The Labute approximate surface area is 206 Å². The van der Waals surface area contributed by atoms with Crippen molar-refractivity contribution in [1.82, 2.24) is 20.4 Å². The summed E-state index contributed by atoms with van der Waals surface area (Å²) in [6, 6.07) is 4.97. The van der Waals surface area contributed by atoms with E-state index in [1.165, 1.54) is 59.0 Å². The van der Waals surface area contributed by atoms with Gasteiger partial charge in [-0.1, -0.05) is 40.4 Å². The Hall–Kier alpha value is -3.10. The van der Waals surface area contributed by atoms with Crippen LogP contribution in [0, 0.1) is 6.92 Å². The maximum Gasteiger partial charge on any atom is 0.352 e. The topological polar surface area (TPSA) is 154 Å². The first kappa shape index (κ1) is 24.0. The van der Waals surface area contributed by atoms with Crippen molar-refractivity contribution in [1.29, 1.82) is 0 Å². The number of rotatable bonds is 8. The Morgan fingerprint density at radius 2 is 2.18 bits per heavy atom. The Bertz CT molecular complexity index is 1210. The Morgan fingerprint density at radius 3 is 2.82 bits per heavy atom. The molecule has 2 aromatic rings. The number of aromatic hydroxyl groups is 1. The summed E-state index contributed by atoms with van der Waals surface area (Å²) in [6.45, 7) is 1.83. The number of fused-ring (bicyclic) bond motifs is 1. The fourth-order valence-electron chi connectivity index (χ4n) is 3.46. The van der Waals surface area contributed by atoms with Gasteiger partial charge in [-0.3, -0.25) is 14.5 Å². The van der Waals surface area contributed by atoms with Crippen molar-refractivity contribution >= 4 is 58.4 Å². The highest BCUT2D eigenvalue weighted by Crippen LogP contribution is 2.41. The van der Waals surface area contributed by atoms with Crippen LogP contribution in [0.4, 0.5) is 0 Å². The maximum atomic E-state index is 12.9. The van der Waals surface area contributed by atoms with Crippen LogP contribution in [0.3, 0.4) is 0 Å². The molecule has 1 saturated heterocycles. The third-order valence-electron chi connectivity index (χ3n) is 4.93. The molecule has 0 radical (unpaired) electrons. The van der Waals surface area contributed by atoms with E-state index in [2.05, 4.69) is 20.7 Å². The largest absolute Gasteiger partial charge is 0.508 e. The van der Waals surface area contributed by atoms with Crippen LogP contribution >= 0.6 is 34.9 Å². The number of aryl methyl sites for hydroxylation is 1. The summed E-state index contributed by atoms with van der Waals surface area (Å²) in [7, 11) is 1.27. The first-order valence-electron chi connectivity index (χ1n) is 9.84. The molecule has 0 saturated carbocycles. The minimum Gasteiger partial charge on any atom is -0.508 e. The third-order valence-corrected chi connectivity index (χ3v) is 8.33. The molecule has 178 valence electrons. The zero-order valence-corrected chi connectivity index (χ0v) is 20.4. The smallest absolute Gasteiger partial charge is 0.352 e. The number of benzene rings is 1. The van der Waals surface area contributed by atoms with Crippen LogP contribution in [0.25, 0.3) is 0 Å². The number of oxime groups is 1. The minimum atomic E-state index is -1.20. The monoisotopic (exact) mass is 521 g/mol. The minimum absolute atomic E-state index is 0.0619. The van der Waals surface area contributed by atoms with Gasteiger partial charge in [0.1, 0.15) is 35.0 Å². The molecule has 1 aromatic heterocycles. The van der Waals surface area contributed by atoms with E-state index >= 15 is 0 Å². The van der Waals surface area contributed by atoms with Crippen LogP contribution in [0.2, 0.25) is 0 Å². The van der Waals surface area contributed by atoms with Gasteiger partial charge in [0.25, 0.3) is 11.8 Å². The lowest BCUT2D eigenvalue weighted by molar-refractivity contribution is -0.150. The molecule has 0 spiro atoms. The fourth-order valence-corrected chi connectivity index (χ4v) is 6.76. The summed E-state index contributed by atoms with van der Waals surface area (Å²) in [4.78, 5) is 43.8. The second-order valence-corrected chi connectivity index (χ2v) is 10.7. The third kappa shape index (κ3) is 4.74. The molecular formula is C20H19N5O6S3. The lowest BCUT2D eigenvalue weighted by Crippen LogP contribution is -2.71. The molecule has 14 heteroatoms. The van der Waals surface area contributed by atoms with Gasteiger partial charge in [0.05, 0.1) is 0 Å². The summed E-state index contributed by atoms with van der Waals surface area (Å²) in [5.74, 6) is -1.72. The highest BCUT2D eigenvalue weighted by atomic mass is 32.2. The van der Waals surface area contributed by atoms with Gasteiger partial charge in [0, 0.05) is 17.1 Å². The van der Waals surface area contributed by atoms with Gasteiger partial charge < -0.3 is 20.4 Å². The second kappa shape index (κ2) is 10.0. The normalized spacial score (nSPS) is 20.0. The van der Waals surface area contributed by atoms with Crippen molar-refractivity contribution in [3.63, 3.8) is 0 Å². The number of nitrogens with one attached hydrogen (secondary N) is 1. The number of carbonyl (C=O) groups excluding carboxylic acids is 2. The molecule has 2 aliphatic heterocycles. The van der Waals surface area contributed by atoms with E-state index in [1.807, 2.05) is 6.92 Å². The van der Waals surface area contributed by atoms with Gasteiger partial charge in [-0.2, -0.15) is 0 Å². The highest BCUT2D eigenvalue weighted by Gasteiger charge is 2.54. The first-order chi connectivity index (χ1) is 16.3. The van der Waals surface area contributed by atoms with Crippen molar-refractivity contribution in [3.05, 3.63) is 46.1 Å². The molecule has 0 bridgehead atoms. The van der Waals surface area contributed by atoms with E-state index < -0.39 is 29.2 Å². The van der Waals surface area contributed by atoms with E-state index in [1.54, 1.807) is 12.1 Å². The summed E-state index contributed by atoms with van der Waals surface area (Å²) in [5, 5.41) is 34.1. The molecule has 4 rings (SSSR count). The summed E-state index contributed by atoms with van der Waals surface area (Å²) >= 11 is 4.15. The fraction of sp³-hybridized carbons (Fsp3) is 0.300. The van der Waals surface area contributed by atoms with Crippen molar-refractivity contribution in [2.24, 2.45) is 5.16 Å². The Kier molecular flexibility index (Phi) is 7.09. The van der Waals surface area contributed by atoms with Crippen LogP contribution in [0.5, 0.6) is 5.75 Å². The molecule has 3 N–H and O–H groups in total. The molecule has 1 unspecified atom stereocenters. The summed E-state index contributed by atoms with van der Waals surface area (Å²) in [6.07, 6.45) is 0. The molecular weight excluding hydrogens is 502 g/mol. The molecule has 34 heavy (non-hydrogen) atoms. The maximum absolute atomic E-state index is 12.9. The van der Waals surface area contributed by atoms with Gasteiger partial charge in [-0.25, -0.2) is 4.79 Å². The van der Waals surface area contributed by atoms with Gasteiger partial charge >= 0.3 is 5.97 Å². The molecule has 2 atom stereocenters. The van der Waals surface area contributed by atoms with Crippen molar-refractivity contribution < 1.29 is 29.4 Å². The lowest BCUT2D eigenvalue weighted by atomic mass is 10.0. The molecule has 11 nitrogen and oxygen atoms in total. The van der Waals surface area contributed by atoms with Crippen LogP contribution in [-0.4, -0.2) is 78.8 Å². The van der Waals surface area contributed by atoms with E-state index in [0.29, 0.717) is 22.6 Å². The number of hydrogen-bond acceptors (Lipinski definition) is 11. The number of thioether (sulfide) groups is 2. The standard InChI is InChI=1S/C20H19N5O6S3/c1-9-22-23-20(34-9)33-8-11-7-32-18-14(17(28)25(18)15(11)19(29)30)21-16(27)13(24-31-2)10-4-3-5-12(26)6-10/h3-6,14,18,26H,7-8H2,1-2H3,(H,21,27)(H,29,30)/t14?,18-/m1/s1. The number of phenolic OH excluding ortho intramolecular Hbond substituents is 1. The number of carbonyl (C=O) groups is 3. The predicted octanol–water partition coefficient (Wildman–Crippen LogP) is 1.43. The van der Waals surface area contributed by atoms with Crippen molar-refractivity contribution in [2.75, 3.05) is 18.6 Å². The van der Waals surface area contributed by atoms with Crippen LogP contribution < -0.4 is 5.32 Å². The Morgan fingerprint density at radius 1 is 1.38 bits per heavy atom. The molecule has 2 aliphatic rings. The Balaban J connectivity index is 1.49. The van der Waals surface area contributed by atoms with E-state index in [9.17, 15) is 24.6 Å². The van der Waals surface area contributed by atoms with Gasteiger partial charge in [0.2, 0.25) is 0 Å². The zero-order chi connectivity index (χ0) is 24.4. The van der Waals surface area contributed by atoms with Crippen LogP contribution in [-0.2, 0) is 19.2 Å². The quantitative estimate of drug-likeness (QED) is 0.201. The van der Waals surface area contributed by atoms with E-state index in [4.69, 9.17) is 4.84 Å². The number of amides is 2. The summed E-state index contributed by atoms with van der Waals surface area (Å²) in [5.41, 5.74) is 0.721. The average molecular weight is 522 g/mol.